The monoisotopic (exact) mass is 391 g/mol. The number of rotatable bonds is 5. The number of aromatic nitrogens is 2. The molecule has 1 saturated heterocycles. The van der Waals surface area contributed by atoms with Crippen LogP contribution in [0.5, 0.6) is 5.75 Å². The fourth-order valence-corrected chi connectivity index (χ4v) is 2.96. The Labute approximate surface area is 158 Å². The van der Waals surface area contributed by atoms with Gasteiger partial charge in [0.15, 0.2) is 0 Å². The molecule has 1 N–H and O–H groups in total. The topological polar surface area (TPSA) is 91.1 Å². The summed E-state index contributed by atoms with van der Waals surface area (Å²) in [5.74, 6) is -0.288. The number of anilines is 3. The van der Waals surface area contributed by atoms with Gasteiger partial charge in [0, 0.05) is 24.5 Å². The van der Waals surface area contributed by atoms with Crippen molar-refractivity contribution in [3.63, 3.8) is 0 Å². The van der Waals surface area contributed by atoms with Gasteiger partial charge >= 0.3 is 6.36 Å². The van der Waals surface area contributed by atoms with Crippen LogP contribution in [0.15, 0.2) is 36.5 Å². The van der Waals surface area contributed by atoms with Gasteiger partial charge in [-0.1, -0.05) is 13.0 Å². The van der Waals surface area contributed by atoms with Crippen LogP contribution >= 0.6 is 0 Å². The summed E-state index contributed by atoms with van der Waals surface area (Å²) in [7, 11) is 0. The highest BCUT2D eigenvalue weighted by Crippen LogP contribution is 2.36. The van der Waals surface area contributed by atoms with E-state index in [-0.39, 0.29) is 23.3 Å². The Hall–Kier alpha value is -3.35. The van der Waals surface area contributed by atoms with E-state index in [1.807, 2.05) is 0 Å². The minimum absolute atomic E-state index is 0.0976. The van der Waals surface area contributed by atoms with Crippen LogP contribution in [0.3, 0.4) is 0 Å². The summed E-state index contributed by atoms with van der Waals surface area (Å²) in [5, 5.41) is 12.2. The van der Waals surface area contributed by atoms with E-state index in [9.17, 15) is 23.2 Å². The molecular weight excluding hydrogens is 375 g/mol. The zero-order valence-corrected chi connectivity index (χ0v) is 14.8. The number of nitrogens with one attached hydrogen (secondary N) is 1. The van der Waals surface area contributed by atoms with Gasteiger partial charge in [0.05, 0.1) is 6.07 Å². The molecule has 0 spiro atoms. The van der Waals surface area contributed by atoms with Crippen molar-refractivity contribution in [1.29, 1.82) is 5.26 Å². The summed E-state index contributed by atoms with van der Waals surface area (Å²) in [6.45, 7) is 2.14. The smallest absolute Gasteiger partial charge is 0.406 e. The van der Waals surface area contributed by atoms with Gasteiger partial charge in [-0.2, -0.15) is 10.2 Å². The number of carbonyl (C=O) groups excluding carboxylic acids is 1. The molecule has 1 unspecified atom stereocenters. The van der Waals surface area contributed by atoms with Crippen molar-refractivity contribution in [2.45, 2.75) is 26.1 Å². The van der Waals surface area contributed by atoms with Gasteiger partial charge in [-0.15, -0.1) is 13.2 Å². The number of hydrogen-bond acceptors (Lipinski definition) is 6. The van der Waals surface area contributed by atoms with Crippen LogP contribution in [0.1, 0.15) is 19.8 Å². The highest BCUT2D eigenvalue weighted by Gasteiger charge is 2.46. The summed E-state index contributed by atoms with van der Waals surface area (Å²) in [4.78, 5) is 22.3. The lowest BCUT2D eigenvalue weighted by molar-refractivity contribution is -0.274. The zero-order chi connectivity index (χ0) is 20.4. The minimum Gasteiger partial charge on any atom is -0.406 e. The number of ether oxygens (including phenoxy) is 1. The first-order chi connectivity index (χ1) is 13.3. The molecule has 1 aliphatic rings. The lowest BCUT2D eigenvalue weighted by Crippen LogP contribution is -2.33. The average Bonchev–Trinajstić information content (AvgIpc) is 2.98. The number of nitriles is 1. The molecule has 1 atom stereocenters. The second-order valence-corrected chi connectivity index (χ2v) is 6.19. The first kappa shape index (κ1) is 19.4. The largest absolute Gasteiger partial charge is 0.573 e. The third kappa shape index (κ3) is 3.98. The maximum absolute atomic E-state index is 12.6. The highest BCUT2D eigenvalue weighted by atomic mass is 19.4. The molecular formula is C18H16F3N5O2. The Morgan fingerprint density at radius 3 is 2.82 bits per heavy atom. The van der Waals surface area contributed by atoms with Crippen molar-refractivity contribution in [2.24, 2.45) is 5.41 Å². The molecule has 3 rings (SSSR count). The van der Waals surface area contributed by atoms with E-state index in [0.29, 0.717) is 25.2 Å². The first-order valence-corrected chi connectivity index (χ1v) is 8.45. The van der Waals surface area contributed by atoms with Crippen LogP contribution < -0.4 is 15.0 Å². The molecule has 2 aromatic rings. The summed E-state index contributed by atoms with van der Waals surface area (Å²) in [5.41, 5.74) is -0.770. The van der Waals surface area contributed by atoms with Gasteiger partial charge in [0.2, 0.25) is 11.9 Å². The summed E-state index contributed by atoms with van der Waals surface area (Å²) in [6, 6.07) is 8.88. The average molecular weight is 391 g/mol. The molecule has 1 aromatic carbocycles. The third-order valence-electron chi connectivity index (χ3n) is 4.48. The molecule has 1 amide bonds. The predicted molar refractivity (Wildman–Crippen MR) is 93.7 cm³/mol. The maximum Gasteiger partial charge on any atom is 0.573 e. The van der Waals surface area contributed by atoms with Crippen molar-refractivity contribution < 1.29 is 22.7 Å². The van der Waals surface area contributed by atoms with Gasteiger partial charge in [0.25, 0.3) is 0 Å². The Morgan fingerprint density at radius 1 is 1.39 bits per heavy atom. The number of alkyl halides is 3. The second-order valence-electron chi connectivity index (χ2n) is 6.19. The standard InChI is InChI=1S/C18H16F3N5O2/c1-2-17(11-22)7-9-26(15(17)27)14-6-8-23-16(25-14)24-12-4-3-5-13(10-12)28-18(19,20)21/h3-6,8,10H,2,7,9H2,1H3,(H,23,24,25). The molecule has 1 aliphatic heterocycles. The van der Waals surface area contributed by atoms with E-state index in [4.69, 9.17) is 0 Å². The van der Waals surface area contributed by atoms with Gasteiger partial charge in [-0.25, -0.2) is 4.98 Å². The number of amides is 1. The Bertz CT molecular complexity index is 928. The fraction of sp³-hybridized carbons (Fsp3) is 0.333. The predicted octanol–water partition coefficient (Wildman–Crippen LogP) is 3.78. The van der Waals surface area contributed by atoms with Crippen molar-refractivity contribution >= 4 is 23.4 Å². The third-order valence-corrected chi connectivity index (χ3v) is 4.48. The van der Waals surface area contributed by atoms with Crippen LogP contribution in [-0.2, 0) is 4.79 Å². The first-order valence-electron chi connectivity index (χ1n) is 8.45. The number of benzene rings is 1. The molecule has 10 heteroatoms. The number of carbonyl (C=O) groups is 1. The number of nitrogens with zero attached hydrogens (tertiary/aromatic N) is 4. The van der Waals surface area contributed by atoms with E-state index in [1.54, 1.807) is 6.92 Å². The second kappa shape index (κ2) is 7.34. The summed E-state index contributed by atoms with van der Waals surface area (Å²) < 4.78 is 40.9. The number of hydrogen-bond donors (Lipinski definition) is 1. The van der Waals surface area contributed by atoms with Crippen molar-refractivity contribution in [3.05, 3.63) is 36.5 Å². The van der Waals surface area contributed by atoms with E-state index in [2.05, 4.69) is 26.1 Å². The molecule has 0 aliphatic carbocycles. The van der Waals surface area contributed by atoms with Crippen molar-refractivity contribution in [2.75, 3.05) is 16.8 Å². The molecule has 7 nitrogen and oxygen atoms in total. The van der Waals surface area contributed by atoms with Crippen LogP contribution in [0.4, 0.5) is 30.6 Å². The van der Waals surface area contributed by atoms with E-state index in [1.165, 1.54) is 35.4 Å². The maximum atomic E-state index is 12.6. The quantitative estimate of drug-likeness (QED) is 0.834. The van der Waals surface area contributed by atoms with Gasteiger partial charge in [-0.3, -0.25) is 9.69 Å². The normalized spacial score (nSPS) is 19.4. The molecule has 0 bridgehead atoms. The van der Waals surface area contributed by atoms with E-state index >= 15 is 0 Å². The molecule has 0 radical (unpaired) electrons. The Balaban J connectivity index is 1.79. The summed E-state index contributed by atoms with van der Waals surface area (Å²) >= 11 is 0. The lowest BCUT2D eigenvalue weighted by Gasteiger charge is -2.19. The minimum atomic E-state index is -4.79. The molecule has 1 aromatic heterocycles. The molecule has 0 saturated carbocycles. The summed E-state index contributed by atoms with van der Waals surface area (Å²) in [6.07, 6.45) is -2.56. The zero-order valence-electron chi connectivity index (χ0n) is 14.8. The Morgan fingerprint density at radius 2 is 2.18 bits per heavy atom. The lowest BCUT2D eigenvalue weighted by atomic mass is 9.85. The van der Waals surface area contributed by atoms with Crippen molar-refractivity contribution in [3.8, 4) is 11.8 Å². The van der Waals surface area contributed by atoms with Gasteiger partial charge < -0.3 is 10.1 Å². The Kier molecular flexibility index (Phi) is 5.09. The highest BCUT2D eigenvalue weighted by molar-refractivity contribution is 6.01. The molecule has 28 heavy (non-hydrogen) atoms. The molecule has 1 fully saturated rings. The van der Waals surface area contributed by atoms with Crippen LogP contribution in [0.2, 0.25) is 0 Å². The SMILES string of the molecule is CCC1(C#N)CCN(c2ccnc(Nc3cccc(OC(F)(F)F)c3)n2)C1=O. The molecule has 2 heterocycles. The fourth-order valence-electron chi connectivity index (χ4n) is 2.96. The van der Waals surface area contributed by atoms with Crippen LogP contribution in [0, 0.1) is 16.7 Å². The van der Waals surface area contributed by atoms with Gasteiger partial charge in [0.1, 0.15) is 17.0 Å². The van der Waals surface area contributed by atoms with Crippen LogP contribution in [0.25, 0.3) is 0 Å². The van der Waals surface area contributed by atoms with Gasteiger partial charge in [-0.05, 0) is 31.0 Å². The number of halogens is 3. The van der Waals surface area contributed by atoms with Crippen molar-refractivity contribution in [1.82, 2.24) is 9.97 Å². The van der Waals surface area contributed by atoms with Crippen LogP contribution in [-0.4, -0.2) is 28.8 Å². The van der Waals surface area contributed by atoms with E-state index in [0.717, 1.165) is 6.07 Å². The molecule has 146 valence electrons. The van der Waals surface area contributed by atoms with E-state index < -0.39 is 11.8 Å².